The minimum absolute atomic E-state index is 0. The molecule has 2 rings (SSSR count). The molecule has 1 nitrogen and oxygen atoms in total. The third kappa shape index (κ3) is 4.54. The Balaban J connectivity index is 0.00000180. The quantitative estimate of drug-likeness (QED) is 0.869. The lowest BCUT2D eigenvalue weighted by atomic mass is 10.0. The standard InChI is InChI=1S/C16H18ClN.ClH/c1-2-16(18)11-12-3-5-13(6-4-12)14-7-9-15(17)10-8-14;/h3-10,16H,2,11,18H2,1H3;1H. The van der Waals surface area contributed by atoms with Crippen molar-refractivity contribution in [2.24, 2.45) is 5.73 Å². The van der Waals surface area contributed by atoms with E-state index in [-0.39, 0.29) is 18.4 Å². The molecule has 2 N–H and O–H groups in total. The lowest BCUT2D eigenvalue weighted by Gasteiger charge is -2.09. The first-order chi connectivity index (χ1) is 8.69. The number of halogens is 2. The number of hydrogen-bond donors (Lipinski definition) is 1. The zero-order valence-corrected chi connectivity index (χ0v) is 12.5. The molecule has 0 aliphatic rings. The van der Waals surface area contributed by atoms with Gasteiger partial charge in [0.05, 0.1) is 0 Å². The van der Waals surface area contributed by atoms with E-state index in [4.69, 9.17) is 17.3 Å². The third-order valence-corrected chi connectivity index (χ3v) is 3.41. The molecule has 0 radical (unpaired) electrons. The Bertz CT molecular complexity index is 491. The van der Waals surface area contributed by atoms with Crippen molar-refractivity contribution in [2.45, 2.75) is 25.8 Å². The van der Waals surface area contributed by atoms with Crippen molar-refractivity contribution < 1.29 is 0 Å². The zero-order chi connectivity index (χ0) is 13.0. The summed E-state index contributed by atoms with van der Waals surface area (Å²) in [7, 11) is 0. The third-order valence-electron chi connectivity index (χ3n) is 3.15. The molecule has 0 aromatic heterocycles. The molecule has 1 unspecified atom stereocenters. The average Bonchev–Trinajstić information content (AvgIpc) is 2.40. The van der Waals surface area contributed by atoms with Crippen molar-refractivity contribution in [2.75, 3.05) is 0 Å². The van der Waals surface area contributed by atoms with Crippen LogP contribution < -0.4 is 5.73 Å². The first-order valence-electron chi connectivity index (χ1n) is 6.29. The topological polar surface area (TPSA) is 26.0 Å². The van der Waals surface area contributed by atoms with E-state index in [0.717, 1.165) is 17.9 Å². The molecule has 0 fully saturated rings. The van der Waals surface area contributed by atoms with Crippen molar-refractivity contribution in [3.05, 3.63) is 59.1 Å². The highest BCUT2D eigenvalue weighted by Crippen LogP contribution is 2.22. The van der Waals surface area contributed by atoms with Gasteiger partial charge in [-0.1, -0.05) is 54.9 Å². The predicted molar refractivity (Wildman–Crippen MR) is 86.1 cm³/mol. The van der Waals surface area contributed by atoms with Crippen molar-refractivity contribution in [3.8, 4) is 11.1 Å². The van der Waals surface area contributed by atoms with Crippen LogP contribution in [0.2, 0.25) is 5.02 Å². The second-order valence-corrected chi connectivity index (χ2v) is 5.01. The van der Waals surface area contributed by atoms with Crippen LogP contribution in [0.15, 0.2) is 48.5 Å². The summed E-state index contributed by atoms with van der Waals surface area (Å²) >= 11 is 5.88. The smallest absolute Gasteiger partial charge is 0.0406 e. The first kappa shape index (κ1) is 16.0. The van der Waals surface area contributed by atoms with Gasteiger partial charge in [0.1, 0.15) is 0 Å². The Kier molecular flexibility index (Phi) is 6.36. The molecule has 1 atom stereocenters. The van der Waals surface area contributed by atoms with Gasteiger partial charge in [0, 0.05) is 11.1 Å². The summed E-state index contributed by atoms with van der Waals surface area (Å²) in [5.41, 5.74) is 9.64. The number of benzene rings is 2. The molecule has 0 bridgehead atoms. The van der Waals surface area contributed by atoms with E-state index in [9.17, 15) is 0 Å². The van der Waals surface area contributed by atoms with Gasteiger partial charge in [-0.05, 0) is 41.7 Å². The summed E-state index contributed by atoms with van der Waals surface area (Å²) in [5, 5.41) is 0.768. The molecule has 3 heteroatoms. The summed E-state index contributed by atoms with van der Waals surface area (Å²) in [4.78, 5) is 0. The maximum Gasteiger partial charge on any atom is 0.0406 e. The highest BCUT2D eigenvalue weighted by Gasteiger charge is 2.02. The van der Waals surface area contributed by atoms with Gasteiger partial charge >= 0.3 is 0 Å². The average molecular weight is 296 g/mol. The second-order valence-electron chi connectivity index (χ2n) is 4.58. The number of nitrogens with two attached hydrogens (primary N) is 1. The number of rotatable bonds is 4. The van der Waals surface area contributed by atoms with Crippen molar-refractivity contribution in [1.82, 2.24) is 0 Å². The van der Waals surface area contributed by atoms with Crippen molar-refractivity contribution in [1.29, 1.82) is 0 Å². The van der Waals surface area contributed by atoms with Gasteiger partial charge in [-0.3, -0.25) is 0 Å². The van der Waals surface area contributed by atoms with E-state index in [1.54, 1.807) is 0 Å². The minimum atomic E-state index is 0. The fourth-order valence-electron chi connectivity index (χ4n) is 1.92. The molecule has 102 valence electrons. The van der Waals surface area contributed by atoms with Crippen LogP contribution in [0.25, 0.3) is 11.1 Å². The Morgan fingerprint density at radius 2 is 1.42 bits per heavy atom. The van der Waals surface area contributed by atoms with Gasteiger partial charge in [0.15, 0.2) is 0 Å². The van der Waals surface area contributed by atoms with Crippen LogP contribution >= 0.6 is 24.0 Å². The minimum Gasteiger partial charge on any atom is -0.327 e. The maximum atomic E-state index is 5.96. The molecule has 2 aromatic carbocycles. The Labute approximate surface area is 126 Å². The molecule has 0 aliphatic heterocycles. The molecule has 0 spiro atoms. The van der Waals surface area contributed by atoms with Gasteiger partial charge in [-0.15, -0.1) is 12.4 Å². The van der Waals surface area contributed by atoms with Gasteiger partial charge in [-0.25, -0.2) is 0 Å². The van der Waals surface area contributed by atoms with E-state index in [2.05, 4.69) is 31.2 Å². The fraction of sp³-hybridized carbons (Fsp3) is 0.250. The molecule has 0 aliphatic carbocycles. The largest absolute Gasteiger partial charge is 0.327 e. The maximum absolute atomic E-state index is 5.96. The highest BCUT2D eigenvalue weighted by atomic mass is 35.5. The summed E-state index contributed by atoms with van der Waals surface area (Å²) in [6.07, 6.45) is 1.95. The summed E-state index contributed by atoms with van der Waals surface area (Å²) in [6, 6.07) is 16.7. The van der Waals surface area contributed by atoms with Gasteiger partial charge in [-0.2, -0.15) is 0 Å². The first-order valence-corrected chi connectivity index (χ1v) is 6.67. The van der Waals surface area contributed by atoms with Crippen LogP contribution in [0.1, 0.15) is 18.9 Å². The van der Waals surface area contributed by atoms with E-state index in [1.807, 2.05) is 24.3 Å². The molecule has 0 amide bonds. The van der Waals surface area contributed by atoms with Gasteiger partial charge < -0.3 is 5.73 Å². The Morgan fingerprint density at radius 1 is 0.947 bits per heavy atom. The molecule has 0 heterocycles. The highest BCUT2D eigenvalue weighted by molar-refractivity contribution is 6.30. The van der Waals surface area contributed by atoms with Crippen molar-refractivity contribution in [3.63, 3.8) is 0 Å². The van der Waals surface area contributed by atoms with Crippen LogP contribution in [0.4, 0.5) is 0 Å². The SMILES string of the molecule is CCC(N)Cc1ccc(-c2ccc(Cl)cc2)cc1.Cl. The zero-order valence-electron chi connectivity index (χ0n) is 11.0. The van der Waals surface area contributed by atoms with Crippen LogP contribution in [0.5, 0.6) is 0 Å². The summed E-state index contributed by atoms with van der Waals surface area (Å²) < 4.78 is 0. The normalized spacial score (nSPS) is 11.7. The van der Waals surface area contributed by atoms with Crippen LogP contribution in [0.3, 0.4) is 0 Å². The fourth-order valence-corrected chi connectivity index (χ4v) is 2.05. The molecule has 19 heavy (non-hydrogen) atoms. The molecule has 0 saturated heterocycles. The molecular weight excluding hydrogens is 277 g/mol. The van der Waals surface area contributed by atoms with Gasteiger partial charge in [0.2, 0.25) is 0 Å². The molecular formula is C16H19Cl2N. The van der Waals surface area contributed by atoms with Crippen molar-refractivity contribution >= 4 is 24.0 Å². The van der Waals surface area contributed by atoms with E-state index in [0.29, 0.717) is 0 Å². The predicted octanol–water partition coefficient (Wildman–Crippen LogP) is 4.71. The lowest BCUT2D eigenvalue weighted by molar-refractivity contribution is 0.646. The molecule has 0 saturated carbocycles. The lowest BCUT2D eigenvalue weighted by Crippen LogP contribution is -2.21. The van der Waals surface area contributed by atoms with Crippen LogP contribution in [-0.4, -0.2) is 6.04 Å². The van der Waals surface area contributed by atoms with Crippen LogP contribution in [-0.2, 0) is 6.42 Å². The van der Waals surface area contributed by atoms with Crippen LogP contribution in [0, 0.1) is 0 Å². The van der Waals surface area contributed by atoms with E-state index < -0.39 is 0 Å². The second kappa shape index (κ2) is 7.54. The van der Waals surface area contributed by atoms with E-state index >= 15 is 0 Å². The number of hydrogen-bond acceptors (Lipinski definition) is 1. The van der Waals surface area contributed by atoms with Gasteiger partial charge in [0.25, 0.3) is 0 Å². The van der Waals surface area contributed by atoms with E-state index in [1.165, 1.54) is 16.7 Å². The Morgan fingerprint density at radius 3 is 1.89 bits per heavy atom. The summed E-state index contributed by atoms with van der Waals surface area (Å²) in [6.45, 7) is 2.12. The molecule has 2 aromatic rings. The monoisotopic (exact) mass is 295 g/mol. The Hall–Kier alpha value is -1.02. The summed E-state index contributed by atoms with van der Waals surface area (Å²) in [5.74, 6) is 0.